The second kappa shape index (κ2) is 7.96. The number of rotatable bonds is 7. The molecule has 0 N–H and O–H groups in total. The van der Waals surface area contributed by atoms with E-state index < -0.39 is 35.2 Å². The quantitative estimate of drug-likeness (QED) is 0.320. The van der Waals surface area contributed by atoms with Gasteiger partial charge in [-0.25, -0.2) is 0 Å². The summed E-state index contributed by atoms with van der Waals surface area (Å²) in [5.74, 6) is -3.97. The minimum absolute atomic E-state index is 0.340. The summed E-state index contributed by atoms with van der Waals surface area (Å²) in [6.07, 6.45) is 0. The first-order chi connectivity index (χ1) is 10.5. The Balaban J connectivity index is 3.38. The van der Waals surface area contributed by atoms with Gasteiger partial charge in [0.25, 0.3) is 0 Å². The summed E-state index contributed by atoms with van der Waals surface area (Å²) >= 11 is 0. The van der Waals surface area contributed by atoms with Crippen LogP contribution in [0.3, 0.4) is 0 Å². The van der Waals surface area contributed by atoms with E-state index in [1.54, 1.807) is 24.3 Å². The molecule has 0 heterocycles. The lowest BCUT2D eigenvalue weighted by Gasteiger charge is -2.22. The number of nitro groups is 1. The Morgan fingerprint density at radius 1 is 1.14 bits per heavy atom. The highest BCUT2D eigenvalue weighted by Gasteiger charge is 2.42. The minimum atomic E-state index is -1.45. The Morgan fingerprint density at radius 2 is 1.68 bits per heavy atom. The third-order valence-corrected chi connectivity index (χ3v) is 3.20. The molecule has 0 aliphatic heterocycles. The molecule has 1 atom stereocenters. The van der Waals surface area contributed by atoms with E-state index in [2.05, 4.69) is 9.47 Å². The van der Waals surface area contributed by atoms with Crippen molar-refractivity contribution in [1.29, 1.82) is 0 Å². The largest absolute Gasteiger partial charge is 0.496 e. The van der Waals surface area contributed by atoms with Gasteiger partial charge in [-0.15, -0.1) is 0 Å². The van der Waals surface area contributed by atoms with Crippen LogP contribution in [0.2, 0.25) is 0 Å². The van der Waals surface area contributed by atoms with Crippen LogP contribution in [0.25, 0.3) is 0 Å². The Hall–Kier alpha value is -2.64. The molecule has 0 bridgehead atoms. The fraction of sp³-hybridized carbons (Fsp3) is 0.429. The second-order valence-electron chi connectivity index (χ2n) is 4.39. The van der Waals surface area contributed by atoms with Crippen LogP contribution < -0.4 is 4.74 Å². The summed E-state index contributed by atoms with van der Waals surface area (Å²) in [5, 5.41) is 11.0. The molecule has 0 saturated carbocycles. The van der Waals surface area contributed by atoms with Crippen LogP contribution in [0.4, 0.5) is 0 Å². The van der Waals surface area contributed by atoms with E-state index in [9.17, 15) is 19.7 Å². The maximum Gasteiger partial charge on any atom is 0.320 e. The molecule has 120 valence electrons. The normalized spacial score (nSPS) is 11.6. The molecular weight excluding hydrogens is 294 g/mol. The Bertz CT molecular complexity index is 542. The van der Waals surface area contributed by atoms with Crippen molar-refractivity contribution in [2.75, 3.05) is 27.9 Å². The highest BCUT2D eigenvalue weighted by Crippen LogP contribution is 2.33. The molecule has 0 amide bonds. The number of para-hydroxylation sites is 1. The van der Waals surface area contributed by atoms with Gasteiger partial charge in [-0.2, -0.15) is 0 Å². The summed E-state index contributed by atoms with van der Waals surface area (Å²) < 4.78 is 14.3. The lowest BCUT2D eigenvalue weighted by molar-refractivity contribution is -0.484. The van der Waals surface area contributed by atoms with Crippen molar-refractivity contribution >= 4 is 11.9 Å². The Kier molecular flexibility index (Phi) is 6.30. The van der Waals surface area contributed by atoms with Gasteiger partial charge in [0.1, 0.15) is 5.75 Å². The summed E-state index contributed by atoms with van der Waals surface area (Å²) in [6.45, 7) is -0.644. The monoisotopic (exact) mass is 311 g/mol. The van der Waals surface area contributed by atoms with Crippen LogP contribution in [0.1, 0.15) is 11.5 Å². The zero-order chi connectivity index (χ0) is 16.7. The molecular formula is C14H17NO7. The van der Waals surface area contributed by atoms with Crippen LogP contribution in [0.5, 0.6) is 5.75 Å². The number of nitrogens with zero attached hydrogens (tertiary/aromatic N) is 1. The van der Waals surface area contributed by atoms with Gasteiger partial charge in [0.15, 0.2) is 5.92 Å². The molecule has 0 spiro atoms. The fourth-order valence-electron chi connectivity index (χ4n) is 2.20. The number of carbonyl (C=O) groups excluding carboxylic acids is 2. The summed E-state index contributed by atoms with van der Waals surface area (Å²) in [6, 6.07) is 6.47. The number of benzene rings is 1. The molecule has 1 rings (SSSR count). The van der Waals surface area contributed by atoms with Crippen LogP contribution in [-0.4, -0.2) is 44.7 Å². The Morgan fingerprint density at radius 3 is 2.14 bits per heavy atom. The molecule has 0 fully saturated rings. The number of esters is 2. The van der Waals surface area contributed by atoms with Crippen molar-refractivity contribution in [3.63, 3.8) is 0 Å². The smallest absolute Gasteiger partial charge is 0.320 e. The van der Waals surface area contributed by atoms with Crippen LogP contribution in [0.15, 0.2) is 24.3 Å². The fourth-order valence-corrected chi connectivity index (χ4v) is 2.20. The van der Waals surface area contributed by atoms with Crippen molar-refractivity contribution in [3.8, 4) is 5.75 Å². The number of methoxy groups -OCH3 is 3. The van der Waals surface area contributed by atoms with Crippen LogP contribution in [-0.2, 0) is 19.1 Å². The van der Waals surface area contributed by atoms with Crippen LogP contribution in [0, 0.1) is 16.0 Å². The number of hydrogen-bond donors (Lipinski definition) is 0. The third kappa shape index (κ3) is 3.94. The van der Waals surface area contributed by atoms with E-state index in [1.165, 1.54) is 7.11 Å². The lowest BCUT2D eigenvalue weighted by atomic mass is 9.85. The first kappa shape index (κ1) is 17.4. The van der Waals surface area contributed by atoms with Crippen molar-refractivity contribution in [3.05, 3.63) is 39.9 Å². The van der Waals surface area contributed by atoms with E-state index in [4.69, 9.17) is 4.74 Å². The van der Waals surface area contributed by atoms with Gasteiger partial charge in [0.05, 0.1) is 27.2 Å². The van der Waals surface area contributed by atoms with Gasteiger partial charge in [0.2, 0.25) is 6.54 Å². The SMILES string of the molecule is COC(=O)C(C(=O)OC)[C@H](C[N+](=O)[O-])c1ccccc1OC. The maximum absolute atomic E-state index is 11.9. The molecule has 0 aliphatic carbocycles. The van der Waals surface area contributed by atoms with E-state index in [0.717, 1.165) is 14.2 Å². The minimum Gasteiger partial charge on any atom is -0.496 e. The molecule has 1 aromatic rings. The highest BCUT2D eigenvalue weighted by atomic mass is 16.6. The van der Waals surface area contributed by atoms with Gasteiger partial charge in [0, 0.05) is 10.5 Å². The van der Waals surface area contributed by atoms with Gasteiger partial charge >= 0.3 is 11.9 Å². The molecule has 22 heavy (non-hydrogen) atoms. The lowest BCUT2D eigenvalue weighted by Crippen LogP contribution is -2.35. The molecule has 0 saturated heterocycles. The average molecular weight is 311 g/mol. The Labute approximate surface area is 127 Å². The van der Waals surface area contributed by atoms with Crippen LogP contribution >= 0.6 is 0 Å². The predicted octanol–water partition coefficient (Wildman–Crippen LogP) is 1.02. The van der Waals surface area contributed by atoms with Gasteiger partial charge < -0.3 is 14.2 Å². The predicted molar refractivity (Wildman–Crippen MR) is 75.1 cm³/mol. The summed E-state index contributed by atoms with van der Waals surface area (Å²) in [4.78, 5) is 34.2. The van der Waals surface area contributed by atoms with Crippen molar-refractivity contribution < 1.29 is 28.7 Å². The first-order valence-electron chi connectivity index (χ1n) is 6.36. The topological polar surface area (TPSA) is 105 Å². The molecule has 8 nitrogen and oxygen atoms in total. The molecule has 0 aromatic heterocycles. The summed E-state index contributed by atoms with van der Waals surface area (Å²) in [7, 11) is 3.60. The van der Waals surface area contributed by atoms with Gasteiger partial charge in [-0.05, 0) is 6.07 Å². The van der Waals surface area contributed by atoms with E-state index >= 15 is 0 Å². The standard InChI is InChI=1S/C14H17NO7/c1-20-11-7-5-4-6-9(11)10(8-15(18)19)12(13(16)21-2)14(17)22-3/h4-7,10,12H,8H2,1-3H3/t10-/m1/s1. The zero-order valence-corrected chi connectivity index (χ0v) is 12.5. The molecule has 0 radical (unpaired) electrons. The molecule has 0 unspecified atom stereocenters. The van der Waals surface area contributed by atoms with E-state index in [-0.39, 0.29) is 0 Å². The van der Waals surface area contributed by atoms with E-state index in [1.807, 2.05) is 0 Å². The van der Waals surface area contributed by atoms with Crippen molar-refractivity contribution in [2.24, 2.45) is 5.92 Å². The van der Waals surface area contributed by atoms with Crippen molar-refractivity contribution in [2.45, 2.75) is 5.92 Å². The second-order valence-corrected chi connectivity index (χ2v) is 4.39. The molecule has 8 heteroatoms. The number of ether oxygens (including phenoxy) is 3. The van der Waals surface area contributed by atoms with Gasteiger partial charge in [-0.1, -0.05) is 18.2 Å². The number of hydrogen-bond acceptors (Lipinski definition) is 7. The number of carbonyl (C=O) groups is 2. The van der Waals surface area contributed by atoms with Crippen molar-refractivity contribution in [1.82, 2.24) is 0 Å². The third-order valence-electron chi connectivity index (χ3n) is 3.20. The highest BCUT2D eigenvalue weighted by molar-refractivity contribution is 5.96. The summed E-state index contributed by atoms with van der Waals surface area (Å²) in [5.41, 5.74) is 0.363. The molecule has 1 aromatic carbocycles. The zero-order valence-electron chi connectivity index (χ0n) is 12.5. The molecule has 0 aliphatic rings. The van der Waals surface area contributed by atoms with E-state index in [0.29, 0.717) is 11.3 Å². The van der Waals surface area contributed by atoms with Gasteiger partial charge in [-0.3, -0.25) is 19.7 Å². The first-order valence-corrected chi connectivity index (χ1v) is 6.36. The maximum atomic E-state index is 11.9. The average Bonchev–Trinajstić information content (AvgIpc) is 2.53.